The Morgan fingerprint density at radius 2 is 2.25 bits per heavy atom. The van der Waals surface area contributed by atoms with Crippen LogP contribution in [0.2, 0.25) is 0 Å². The second-order valence-corrected chi connectivity index (χ2v) is 3.80. The van der Waals surface area contributed by atoms with Crippen LogP contribution >= 0.6 is 0 Å². The molecule has 20 heavy (non-hydrogen) atoms. The van der Waals surface area contributed by atoms with Gasteiger partial charge in [-0.15, -0.1) is 0 Å². The van der Waals surface area contributed by atoms with Crippen LogP contribution in [-0.2, 0) is 0 Å². The van der Waals surface area contributed by atoms with Gasteiger partial charge in [-0.25, -0.2) is 4.68 Å². The maximum Gasteiger partial charge on any atom is 0.289 e. The van der Waals surface area contributed by atoms with Crippen LogP contribution in [0.1, 0.15) is 16.1 Å². The van der Waals surface area contributed by atoms with Crippen LogP contribution in [0.3, 0.4) is 0 Å². The van der Waals surface area contributed by atoms with E-state index in [2.05, 4.69) is 10.4 Å². The first-order valence-corrected chi connectivity index (χ1v) is 5.53. The van der Waals surface area contributed by atoms with Crippen molar-refractivity contribution in [1.82, 2.24) is 15.1 Å². The highest BCUT2D eigenvalue weighted by Gasteiger charge is 2.16. The number of hydrogen-bond acceptors (Lipinski definition) is 5. The highest BCUT2D eigenvalue weighted by atomic mass is 16.6. The summed E-state index contributed by atoms with van der Waals surface area (Å²) in [6, 6.07) is 7.34. The van der Waals surface area contributed by atoms with Gasteiger partial charge in [-0.1, -0.05) is 0 Å². The first kappa shape index (κ1) is 13.2. The minimum atomic E-state index is -0.634. The number of nitrogens with zero attached hydrogens (tertiary/aromatic N) is 4. The highest BCUT2D eigenvalue weighted by Crippen LogP contribution is 2.21. The summed E-state index contributed by atoms with van der Waals surface area (Å²) in [5.74, 6) is -0.355. The Hall–Kier alpha value is -3.21. The summed E-state index contributed by atoms with van der Waals surface area (Å²) in [6.07, 6.45) is 1.51. The number of carbonyl (C=O) groups is 1. The summed E-state index contributed by atoms with van der Waals surface area (Å²) in [4.78, 5) is 21.6. The third-order valence-corrected chi connectivity index (χ3v) is 2.61. The van der Waals surface area contributed by atoms with Crippen molar-refractivity contribution in [3.05, 3.63) is 51.8 Å². The molecule has 100 valence electrons. The van der Waals surface area contributed by atoms with Crippen LogP contribution in [-0.4, -0.2) is 27.7 Å². The lowest BCUT2D eigenvalue weighted by atomic mass is 10.2. The summed E-state index contributed by atoms with van der Waals surface area (Å²) in [7, 11) is 1.48. The molecule has 2 aromatic rings. The van der Waals surface area contributed by atoms with Crippen molar-refractivity contribution in [2.45, 2.75) is 0 Å². The van der Waals surface area contributed by atoms with Crippen LogP contribution in [0, 0.1) is 21.4 Å². The van der Waals surface area contributed by atoms with Gasteiger partial charge in [0.25, 0.3) is 11.6 Å². The Kier molecular flexibility index (Phi) is 3.43. The van der Waals surface area contributed by atoms with E-state index in [1.54, 1.807) is 6.07 Å². The number of nitro groups is 1. The lowest BCUT2D eigenvalue weighted by Gasteiger charge is -2.02. The van der Waals surface area contributed by atoms with Gasteiger partial charge in [0.15, 0.2) is 5.69 Å². The van der Waals surface area contributed by atoms with Gasteiger partial charge in [-0.3, -0.25) is 14.9 Å². The molecule has 1 amide bonds. The molecule has 0 aliphatic heterocycles. The number of rotatable bonds is 3. The van der Waals surface area contributed by atoms with E-state index in [4.69, 9.17) is 5.26 Å². The van der Waals surface area contributed by atoms with Crippen LogP contribution < -0.4 is 5.32 Å². The predicted molar refractivity (Wildman–Crippen MR) is 68.3 cm³/mol. The van der Waals surface area contributed by atoms with Gasteiger partial charge in [0, 0.05) is 19.3 Å². The molecule has 2 rings (SSSR count). The van der Waals surface area contributed by atoms with Crippen molar-refractivity contribution in [2.24, 2.45) is 0 Å². The zero-order chi connectivity index (χ0) is 14.7. The number of hydrogen-bond donors (Lipinski definition) is 1. The fourth-order valence-electron chi connectivity index (χ4n) is 1.63. The maximum atomic E-state index is 11.4. The molecule has 1 N–H and O–H groups in total. The standard InChI is InChI=1S/C12H9N5O3/c1-14-12(18)10-4-5-16(15-10)9-3-2-8(7-13)11(6-9)17(19)20/h2-6H,1H3,(H,14,18). The fourth-order valence-corrected chi connectivity index (χ4v) is 1.63. The molecule has 0 atom stereocenters. The molecule has 0 fully saturated rings. The third-order valence-electron chi connectivity index (χ3n) is 2.61. The summed E-state index contributed by atoms with van der Waals surface area (Å²) in [6.45, 7) is 0. The van der Waals surface area contributed by atoms with Gasteiger partial charge in [0.05, 0.1) is 10.6 Å². The minimum Gasteiger partial charge on any atom is -0.354 e. The van der Waals surface area contributed by atoms with E-state index in [-0.39, 0.29) is 22.9 Å². The van der Waals surface area contributed by atoms with Crippen molar-refractivity contribution >= 4 is 11.6 Å². The Labute approximate surface area is 113 Å². The normalized spacial score (nSPS) is 9.80. The molecular formula is C12H9N5O3. The molecule has 1 heterocycles. The van der Waals surface area contributed by atoms with Crippen molar-refractivity contribution in [2.75, 3.05) is 7.05 Å². The average molecular weight is 271 g/mol. The number of nitro benzene ring substituents is 1. The number of carbonyl (C=O) groups excluding carboxylic acids is 1. The summed E-state index contributed by atoms with van der Waals surface area (Å²) < 4.78 is 1.33. The zero-order valence-corrected chi connectivity index (χ0v) is 10.4. The van der Waals surface area contributed by atoms with Crippen LogP contribution in [0.15, 0.2) is 30.5 Å². The van der Waals surface area contributed by atoms with Gasteiger partial charge in [0.1, 0.15) is 11.6 Å². The van der Waals surface area contributed by atoms with E-state index in [1.807, 2.05) is 0 Å². The van der Waals surface area contributed by atoms with Gasteiger partial charge < -0.3 is 5.32 Å². The first-order chi connectivity index (χ1) is 9.56. The molecule has 0 saturated carbocycles. The molecule has 0 spiro atoms. The molecule has 1 aromatic carbocycles. The second-order valence-electron chi connectivity index (χ2n) is 3.80. The molecular weight excluding hydrogens is 262 g/mol. The third kappa shape index (κ3) is 2.32. The predicted octanol–water partition coefficient (Wildman–Crippen LogP) is 1.01. The summed E-state index contributed by atoms with van der Waals surface area (Å²) in [5.41, 5.74) is 0.254. The van der Waals surface area contributed by atoms with Gasteiger partial charge in [-0.05, 0) is 18.2 Å². The molecule has 0 saturated heterocycles. The second kappa shape index (κ2) is 5.19. The topological polar surface area (TPSA) is 114 Å². The van der Waals surface area contributed by atoms with E-state index in [0.717, 1.165) is 0 Å². The largest absolute Gasteiger partial charge is 0.354 e. The van der Waals surface area contributed by atoms with E-state index in [1.165, 1.54) is 42.2 Å². The summed E-state index contributed by atoms with van der Waals surface area (Å²) in [5, 5.41) is 26.1. The van der Waals surface area contributed by atoms with Crippen LogP contribution in [0.4, 0.5) is 5.69 Å². The number of benzene rings is 1. The molecule has 0 radical (unpaired) electrons. The van der Waals surface area contributed by atoms with Gasteiger partial charge in [0.2, 0.25) is 0 Å². The Bertz CT molecular complexity index is 729. The number of nitriles is 1. The molecule has 0 aliphatic rings. The van der Waals surface area contributed by atoms with Gasteiger partial charge >= 0.3 is 0 Å². The highest BCUT2D eigenvalue weighted by molar-refractivity contribution is 5.91. The average Bonchev–Trinajstić information content (AvgIpc) is 2.95. The lowest BCUT2D eigenvalue weighted by molar-refractivity contribution is -0.385. The molecule has 0 unspecified atom stereocenters. The SMILES string of the molecule is CNC(=O)c1ccn(-c2ccc(C#N)c([N+](=O)[O-])c2)n1. The van der Waals surface area contributed by atoms with E-state index in [0.29, 0.717) is 5.69 Å². The van der Waals surface area contributed by atoms with E-state index < -0.39 is 4.92 Å². The number of amides is 1. The Morgan fingerprint density at radius 3 is 2.85 bits per heavy atom. The van der Waals surface area contributed by atoms with E-state index >= 15 is 0 Å². The molecule has 0 aliphatic carbocycles. The van der Waals surface area contributed by atoms with Crippen molar-refractivity contribution in [3.8, 4) is 11.8 Å². The lowest BCUT2D eigenvalue weighted by Crippen LogP contribution is -2.18. The summed E-state index contributed by atoms with van der Waals surface area (Å²) >= 11 is 0. The van der Waals surface area contributed by atoms with Crippen LogP contribution in [0.5, 0.6) is 0 Å². The van der Waals surface area contributed by atoms with E-state index in [9.17, 15) is 14.9 Å². The van der Waals surface area contributed by atoms with Crippen molar-refractivity contribution in [1.29, 1.82) is 5.26 Å². The fraction of sp³-hybridized carbons (Fsp3) is 0.0833. The number of nitrogens with one attached hydrogen (secondary N) is 1. The number of aromatic nitrogens is 2. The molecule has 8 nitrogen and oxygen atoms in total. The minimum absolute atomic E-state index is 0.0302. The monoisotopic (exact) mass is 271 g/mol. The first-order valence-electron chi connectivity index (χ1n) is 5.53. The maximum absolute atomic E-state index is 11.4. The quantitative estimate of drug-likeness (QED) is 0.661. The van der Waals surface area contributed by atoms with Crippen LogP contribution in [0.25, 0.3) is 5.69 Å². The Morgan fingerprint density at radius 1 is 1.50 bits per heavy atom. The smallest absolute Gasteiger partial charge is 0.289 e. The molecule has 1 aromatic heterocycles. The van der Waals surface area contributed by atoms with Gasteiger partial charge in [-0.2, -0.15) is 10.4 Å². The van der Waals surface area contributed by atoms with Crippen molar-refractivity contribution < 1.29 is 9.72 Å². The molecule has 8 heteroatoms. The Balaban J connectivity index is 2.46. The molecule has 0 bridgehead atoms. The van der Waals surface area contributed by atoms with Crippen molar-refractivity contribution in [3.63, 3.8) is 0 Å². The zero-order valence-electron chi connectivity index (χ0n) is 10.4.